The zero-order valence-electron chi connectivity index (χ0n) is 17.2. The summed E-state index contributed by atoms with van der Waals surface area (Å²) in [6, 6.07) is 16.4. The quantitative estimate of drug-likeness (QED) is 0.846. The molecule has 156 valence electrons. The number of benzene rings is 2. The van der Waals surface area contributed by atoms with Gasteiger partial charge in [0, 0.05) is 43.0 Å². The van der Waals surface area contributed by atoms with Crippen molar-refractivity contribution in [2.24, 2.45) is 11.8 Å². The van der Waals surface area contributed by atoms with Crippen molar-refractivity contribution in [2.45, 2.75) is 26.2 Å². The number of carbonyl (C=O) groups is 3. The molecular formula is C24H27N3O3. The zero-order valence-corrected chi connectivity index (χ0v) is 17.2. The van der Waals surface area contributed by atoms with Crippen molar-refractivity contribution < 1.29 is 14.4 Å². The lowest BCUT2D eigenvalue weighted by atomic mass is 9.99. The average molecular weight is 405 g/mol. The molecule has 2 aliphatic heterocycles. The summed E-state index contributed by atoms with van der Waals surface area (Å²) in [5, 5.41) is 2.89. The molecule has 0 radical (unpaired) electrons. The van der Waals surface area contributed by atoms with Crippen LogP contribution >= 0.6 is 0 Å². The lowest BCUT2D eigenvalue weighted by molar-refractivity contribution is -0.122. The Labute approximate surface area is 176 Å². The molecule has 0 aromatic heterocycles. The smallest absolute Gasteiger partial charge is 0.253 e. The number of nitrogens with one attached hydrogen (secondary N) is 1. The number of anilines is 2. The minimum absolute atomic E-state index is 0.0410. The lowest BCUT2D eigenvalue weighted by Crippen LogP contribution is -2.39. The van der Waals surface area contributed by atoms with Gasteiger partial charge in [-0.3, -0.25) is 14.4 Å². The van der Waals surface area contributed by atoms with Crippen LogP contribution in [-0.4, -0.2) is 42.3 Å². The minimum Gasteiger partial charge on any atom is -0.338 e. The predicted molar refractivity (Wildman–Crippen MR) is 116 cm³/mol. The van der Waals surface area contributed by atoms with Gasteiger partial charge in [-0.2, -0.15) is 0 Å². The fourth-order valence-corrected chi connectivity index (χ4v) is 4.24. The highest BCUT2D eigenvalue weighted by molar-refractivity contribution is 6.03. The van der Waals surface area contributed by atoms with E-state index in [0.717, 1.165) is 25.2 Å². The largest absolute Gasteiger partial charge is 0.338 e. The molecule has 6 nitrogen and oxygen atoms in total. The maximum atomic E-state index is 12.7. The van der Waals surface area contributed by atoms with Crippen LogP contribution in [-0.2, 0) is 9.59 Å². The summed E-state index contributed by atoms with van der Waals surface area (Å²) in [5.74, 6) is -0.0391. The van der Waals surface area contributed by atoms with E-state index in [1.807, 2.05) is 35.2 Å². The molecule has 0 aliphatic carbocycles. The average Bonchev–Trinajstić information content (AvgIpc) is 3.16. The van der Waals surface area contributed by atoms with E-state index in [9.17, 15) is 14.4 Å². The van der Waals surface area contributed by atoms with Gasteiger partial charge in [-0.1, -0.05) is 25.1 Å². The molecule has 2 saturated heterocycles. The third-order valence-corrected chi connectivity index (χ3v) is 5.91. The maximum absolute atomic E-state index is 12.7. The van der Waals surface area contributed by atoms with Gasteiger partial charge in [0.05, 0.1) is 5.92 Å². The van der Waals surface area contributed by atoms with Crippen LogP contribution in [0.3, 0.4) is 0 Å². The molecule has 2 fully saturated rings. The Morgan fingerprint density at radius 2 is 1.73 bits per heavy atom. The van der Waals surface area contributed by atoms with E-state index >= 15 is 0 Å². The zero-order chi connectivity index (χ0) is 21.1. The van der Waals surface area contributed by atoms with E-state index in [1.165, 1.54) is 6.42 Å². The molecule has 0 bridgehead atoms. The Hall–Kier alpha value is -3.15. The third kappa shape index (κ3) is 4.37. The van der Waals surface area contributed by atoms with E-state index in [0.29, 0.717) is 23.7 Å². The fourth-order valence-electron chi connectivity index (χ4n) is 4.24. The standard InChI is InChI=1S/C24H27N3O3/c1-17-6-5-13-26(15-17)24(30)18-9-11-20(12-10-18)25-23(29)19-14-22(28)27(16-19)21-7-3-2-4-8-21/h2-4,7-12,17,19H,5-6,13-16H2,1H3,(H,25,29). The predicted octanol–water partition coefficient (Wildman–Crippen LogP) is 3.55. The van der Waals surface area contributed by atoms with Crippen molar-refractivity contribution >= 4 is 29.1 Å². The van der Waals surface area contributed by atoms with Crippen LogP contribution in [0.25, 0.3) is 0 Å². The van der Waals surface area contributed by atoms with Crippen molar-refractivity contribution in [1.82, 2.24) is 4.90 Å². The summed E-state index contributed by atoms with van der Waals surface area (Å²) >= 11 is 0. The van der Waals surface area contributed by atoms with Crippen molar-refractivity contribution in [3.8, 4) is 0 Å². The molecule has 30 heavy (non-hydrogen) atoms. The minimum atomic E-state index is -0.395. The van der Waals surface area contributed by atoms with Crippen LogP contribution in [0.4, 0.5) is 11.4 Å². The van der Waals surface area contributed by atoms with E-state index in [2.05, 4.69) is 12.2 Å². The number of rotatable bonds is 4. The van der Waals surface area contributed by atoms with Gasteiger partial charge < -0.3 is 15.1 Å². The number of amides is 3. The highest BCUT2D eigenvalue weighted by Gasteiger charge is 2.35. The molecule has 1 N–H and O–H groups in total. The molecule has 3 amide bonds. The number of likely N-dealkylation sites (tertiary alicyclic amines) is 1. The van der Waals surface area contributed by atoms with Crippen molar-refractivity contribution in [2.75, 3.05) is 29.9 Å². The van der Waals surface area contributed by atoms with Gasteiger partial charge in [-0.15, -0.1) is 0 Å². The second kappa shape index (κ2) is 8.69. The first-order valence-electron chi connectivity index (χ1n) is 10.6. The monoisotopic (exact) mass is 405 g/mol. The molecule has 2 unspecified atom stereocenters. The molecule has 0 saturated carbocycles. The number of nitrogens with zero attached hydrogens (tertiary/aromatic N) is 2. The summed E-state index contributed by atoms with van der Waals surface area (Å²) in [5.41, 5.74) is 2.08. The summed E-state index contributed by atoms with van der Waals surface area (Å²) in [4.78, 5) is 41.3. The second-order valence-corrected chi connectivity index (χ2v) is 8.31. The topological polar surface area (TPSA) is 69.7 Å². The normalized spacial score (nSPS) is 21.6. The molecule has 2 aromatic rings. The van der Waals surface area contributed by atoms with E-state index < -0.39 is 5.92 Å². The summed E-state index contributed by atoms with van der Waals surface area (Å²) in [6.07, 6.45) is 2.41. The summed E-state index contributed by atoms with van der Waals surface area (Å²) < 4.78 is 0. The Bertz CT molecular complexity index is 926. The van der Waals surface area contributed by atoms with Gasteiger partial charge in [-0.25, -0.2) is 0 Å². The first-order valence-corrected chi connectivity index (χ1v) is 10.6. The highest BCUT2D eigenvalue weighted by Crippen LogP contribution is 2.26. The van der Waals surface area contributed by atoms with Crippen LogP contribution in [0, 0.1) is 11.8 Å². The number of hydrogen-bond acceptors (Lipinski definition) is 3. The first kappa shape index (κ1) is 20.1. The van der Waals surface area contributed by atoms with E-state index in [-0.39, 0.29) is 24.1 Å². The molecule has 2 aromatic carbocycles. The van der Waals surface area contributed by atoms with Gasteiger partial charge in [0.25, 0.3) is 5.91 Å². The molecule has 2 aliphatic rings. The van der Waals surface area contributed by atoms with Crippen LogP contribution in [0.15, 0.2) is 54.6 Å². The number of carbonyl (C=O) groups excluding carboxylic acids is 3. The Balaban J connectivity index is 1.36. The van der Waals surface area contributed by atoms with E-state index in [4.69, 9.17) is 0 Å². The molecule has 4 rings (SSSR count). The lowest BCUT2D eigenvalue weighted by Gasteiger charge is -2.31. The molecule has 0 spiro atoms. The van der Waals surface area contributed by atoms with Crippen molar-refractivity contribution in [3.05, 3.63) is 60.2 Å². The summed E-state index contributed by atoms with van der Waals surface area (Å²) in [6.45, 7) is 4.14. The second-order valence-electron chi connectivity index (χ2n) is 8.31. The highest BCUT2D eigenvalue weighted by atomic mass is 16.2. The van der Waals surface area contributed by atoms with E-state index in [1.54, 1.807) is 29.2 Å². The van der Waals surface area contributed by atoms with Crippen LogP contribution in [0.5, 0.6) is 0 Å². The van der Waals surface area contributed by atoms with Gasteiger partial charge in [-0.05, 0) is 55.2 Å². The SMILES string of the molecule is CC1CCCN(C(=O)c2ccc(NC(=O)C3CC(=O)N(c4ccccc4)C3)cc2)C1. The molecule has 2 atom stereocenters. The van der Waals surface area contributed by atoms with Crippen molar-refractivity contribution in [1.29, 1.82) is 0 Å². The molecule has 2 heterocycles. The van der Waals surface area contributed by atoms with Gasteiger partial charge in [0.2, 0.25) is 11.8 Å². The van der Waals surface area contributed by atoms with Crippen LogP contribution < -0.4 is 10.2 Å². The van der Waals surface area contributed by atoms with Crippen molar-refractivity contribution in [3.63, 3.8) is 0 Å². The molecular weight excluding hydrogens is 378 g/mol. The van der Waals surface area contributed by atoms with Gasteiger partial charge >= 0.3 is 0 Å². The fraction of sp³-hybridized carbons (Fsp3) is 0.375. The number of para-hydroxylation sites is 1. The first-order chi connectivity index (χ1) is 14.5. The third-order valence-electron chi connectivity index (χ3n) is 5.91. The number of hydrogen-bond donors (Lipinski definition) is 1. The Morgan fingerprint density at radius 3 is 2.43 bits per heavy atom. The Morgan fingerprint density at radius 1 is 1.00 bits per heavy atom. The van der Waals surface area contributed by atoms with Gasteiger partial charge in [0.1, 0.15) is 0 Å². The number of piperidine rings is 1. The van der Waals surface area contributed by atoms with Gasteiger partial charge in [0.15, 0.2) is 0 Å². The summed E-state index contributed by atoms with van der Waals surface area (Å²) in [7, 11) is 0. The van der Waals surface area contributed by atoms with Crippen LogP contribution in [0.1, 0.15) is 36.5 Å². The Kier molecular flexibility index (Phi) is 5.84. The van der Waals surface area contributed by atoms with Crippen LogP contribution in [0.2, 0.25) is 0 Å². The molecule has 6 heteroatoms. The maximum Gasteiger partial charge on any atom is 0.253 e.